The Morgan fingerprint density at radius 3 is 1.45 bits per heavy atom. The molecule has 0 amide bonds. The summed E-state index contributed by atoms with van der Waals surface area (Å²) in [6.45, 7) is 23.3. The lowest BCUT2D eigenvalue weighted by atomic mass is 9.72. The van der Waals surface area contributed by atoms with Gasteiger partial charge >= 0.3 is 0 Å². The number of ketones is 1. The van der Waals surface area contributed by atoms with Gasteiger partial charge in [-0.15, -0.1) is 0 Å². The summed E-state index contributed by atoms with van der Waals surface area (Å²) >= 11 is 0. The van der Waals surface area contributed by atoms with Crippen LogP contribution in [0.15, 0.2) is 142 Å². The zero-order chi connectivity index (χ0) is 31.8. The largest absolute Gasteiger partial charge is 0.294 e. The van der Waals surface area contributed by atoms with Crippen molar-refractivity contribution in [2.24, 2.45) is 10.8 Å². The van der Waals surface area contributed by atoms with Crippen LogP contribution in [0.2, 0.25) is 0 Å². The van der Waals surface area contributed by atoms with E-state index in [1.807, 2.05) is 45.9 Å². The predicted octanol–water partition coefficient (Wildman–Crippen LogP) is 12.2. The molecule has 0 unspecified atom stereocenters. The van der Waals surface area contributed by atoms with Crippen LogP contribution in [0.3, 0.4) is 0 Å². The van der Waals surface area contributed by atoms with Gasteiger partial charge in [0, 0.05) is 5.41 Å². The maximum atomic E-state index is 12.0. The summed E-state index contributed by atoms with van der Waals surface area (Å²) < 4.78 is 0. The van der Waals surface area contributed by atoms with E-state index < -0.39 is 0 Å². The van der Waals surface area contributed by atoms with Gasteiger partial charge in [-0.1, -0.05) is 165 Å². The minimum Gasteiger partial charge on any atom is -0.294 e. The first kappa shape index (κ1) is 36.6. The third-order valence-electron chi connectivity index (χ3n) is 7.28. The average molecular weight is 565 g/mol. The standard InChI is InChI=1S/C41H56O/c1-32(20-14-22-34(3)23-16-25-36(5)28-30-39(42)40(7,8)9)18-12-13-19-33(2)21-15-24-35(4)27-29-38-37(6)26-17-31-41(38,10)11/h12-16,18-25,27-30H,17,26,31H2,1-11H3/b13-12+,20-14+,21-15+,23-16+,29-27+,30-28+,32-18+,33-19+,34-22+,35-24+,36-25+. The molecular weight excluding hydrogens is 508 g/mol. The first-order valence-corrected chi connectivity index (χ1v) is 15.3. The maximum Gasteiger partial charge on any atom is 0.160 e. The Labute approximate surface area is 258 Å². The summed E-state index contributed by atoms with van der Waals surface area (Å²) in [4.78, 5) is 12.0. The average Bonchev–Trinajstić information content (AvgIpc) is 2.88. The Morgan fingerprint density at radius 1 is 0.619 bits per heavy atom. The van der Waals surface area contributed by atoms with E-state index >= 15 is 0 Å². The van der Waals surface area contributed by atoms with Crippen molar-refractivity contribution < 1.29 is 4.79 Å². The van der Waals surface area contributed by atoms with Crippen LogP contribution in [-0.2, 0) is 4.79 Å². The van der Waals surface area contributed by atoms with Crippen molar-refractivity contribution in [3.05, 3.63) is 142 Å². The van der Waals surface area contributed by atoms with Gasteiger partial charge in [-0.2, -0.15) is 0 Å². The summed E-state index contributed by atoms with van der Waals surface area (Å²) in [5.41, 5.74) is 8.83. The number of carbonyl (C=O) groups is 1. The van der Waals surface area contributed by atoms with E-state index in [9.17, 15) is 4.79 Å². The van der Waals surface area contributed by atoms with Crippen LogP contribution in [0.25, 0.3) is 0 Å². The molecule has 0 aromatic rings. The monoisotopic (exact) mass is 564 g/mol. The molecule has 0 saturated heterocycles. The van der Waals surface area contributed by atoms with Gasteiger partial charge in [0.1, 0.15) is 0 Å². The van der Waals surface area contributed by atoms with Crippen molar-refractivity contribution in [2.45, 2.75) is 95.4 Å². The molecular formula is C41H56O. The number of hydrogen-bond donors (Lipinski definition) is 0. The molecule has 0 heterocycles. The van der Waals surface area contributed by atoms with E-state index in [1.165, 1.54) is 47.1 Å². The van der Waals surface area contributed by atoms with Crippen LogP contribution in [-0.4, -0.2) is 5.78 Å². The van der Waals surface area contributed by atoms with E-state index in [0.717, 1.165) is 11.1 Å². The lowest BCUT2D eigenvalue weighted by Crippen LogP contribution is -2.19. The number of rotatable bonds is 12. The van der Waals surface area contributed by atoms with Gasteiger partial charge in [-0.25, -0.2) is 0 Å². The fraction of sp³-hybridized carbons (Fsp3) is 0.390. The fourth-order valence-corrected chi connectivity index (χ4v) is 4.43. The summed E-state index contributed by atoms with van der Waals surface area (Å²) in [5.74, 6) is 0.135. The SMILES string of the molecule is CC1=C(/C=C/C(C)=C/C=C/C(C)=C/C=C/C=C(C)/C=C/C=C(C)/C=C/C=C(C)/C=C/C(=O)C(C)(C)C)C(C)(C)CCC1. The Balaban J connectivity index is 2.62. The molecule has 1 heteroatoms. The van der Waals surface area contributed by atoms with Crippen molar-refractivity contribution in [3.63, 3.8) is 0 Å². The number of hydrogen-bond acceptors (Lipinski definition) is 1. The number of carbonyl (C=O) groups excluding carboxylic acids is 1. The first-order valence-electron chi connectivity index (χ1n) is 15.3. The van der Waals surface area contributed by atoms with Crippen molar-refractivity contribution in [2.75, 3.05) is 0 Å². The topological polar surface area (TPSA) is 17.1 Å². The molecule has 0 saturated carbocycles. The molecule has 1 rings (SSSR count). The van der Waals surface area contributed by atoms with Gasteiger partial charge in [0.2, 0.25) is 0 Å². The van der Waals surface area contributed by atoms with Crippen LogP contribution in [0.4, 0.5) is 0 Å². The van der Waals surface area contributed by atoms with Crippen molar-refractivity contribution in [1.82, 2.24) is 0 Å². The third-order valence-corrected chi connectivity index (χ3v) is 7.28. The molecule has 0 N–H and O–H groups in total. The van der Waals surface area contributed by atoms with Crippen LogP contribution < -0.4 is 0 Å². The smallest absolute Gasteiger partial charge is 0.160 e. The second-order valence-electron chi connectivity index (χ2n) is 13.2. The second kappa shape index (κ2) is 18.2. The molecule has 1 aliphatic rings. The fourth-order valence-electron chi connectivity index (χ4n) is 4.43. The van der Waals surface area contributed by atoms with Crippen LogP contribution in [0, 0.1) is 10.8 Å². The molecule has 0 atom stereocenters. The zero-order valence-corrected chi connectivity index (χ0v) is 28.3. The maximum absolute atomic E-state index is 12.0. The molecule has 226 valence electrons. The van der Waals surface area contributed by atoms with Crippen LogP contribution >= 0.6 is 0 Å². The van der Waals surface area contributed by atoms with Crippen molar-refractivity contribution >= 4 is 5.78 Å². The number of allylic oxidation sites excluding steroid dienone is 24. The highest BCUT2D eigenvalue weighted by Crippen LogP contribution is 2.40. The Hall–Kier alpha value is -3.45. The van der Waals surface area contributed by atoms with Crippen molar-refractivity contribution in [1.29, 1.82) is 0 Å². The third kappa shape index (κ3) is 15.5. The predicted molar refractivity (Wildman–Crippen MR) is 188 cm³/mol. The lowest BCUT2D eigenvalue weighted by molar-refractivity contribution is -0.121. The molecule has 0 radical (unpaired) electrons. The van der Waals surface area contributed by atoms with Gasteiger partial charge in [-0.05, 0) is 77.9 Å². The van der Waals surface area contributed by atoms with E-state index in [-0.39, 0.29) is 16.6 Å². The summed E-state index contributed by atoms with van der Waals surface area (Å²) in [7, 11) is 0. The summed E-state index contributed by atoms with van der Waals surface area (Å²) in [6.07, 6.45) is 39.1. The minimum atomic E-state index is -0.341. The normalized spacial score (nSPS) is 18.9. The zero-order valence-electron chi connectivity index (χ0n) is 28.3. The Bertz CT molecular complexity index is 1290. The van der Waals surface area contributed by atoms with E-state index in [0.29, 0.717) is 0 Å². The summed E-state index contributed by atoms with van der Waals surface area (Å²) in [6, 6.07) is 0. The molecule has 0 aromatic heterocycles. The Kier molecular flexibility index (Phi) is 15.8. The highest BCUT2D eigenvalue weighted by Gasteiger charge is 2.26. The molecule has 1 aliphatic carbocycles. The van der Waals surface area contributed by atoms with Gasteiger partial charge in [0.25, 0.3) is 0 Å². The van der Waals surface area contributed by atoms with Gasteiger partial charge in [0.05, 0.1) is 0 Å². The lowest BCUT2D eigenvalue weighted by Gasteiger charge is -2.32. The first-order chi connectivity index (χ1) is 19.6. The van der Waals surface area contributed by atoms with Crippen molar-refractivity contribution in [3.8, 4) is 0 Å². The molecule has 42 heavy (non-hydrogen) atoms. The molecule has 0 fully saturated rings. The molecule has 0 spiro atoms. The van der Waals surface area contributed by atoms with E-state index in [2.05, 4.69) is 127 Å². The van der Waals surface area contributed by atoms with Crippen LogP contribution in [0.5, 0.6) is 0 Å². The molecule has 0 aromatic carbocycles. The van der Waals surface area contributed by atoms with E-state index in [1.54, 1.807) is 6.08 Å². The molecule has 1 nitrogen and oxygen atoms in total. The summed E-state index contributed by atoms with van der Waals surface area (Å²) in [5, 5.41) is 0. The van der Waals surface area contributed by atoms with Crippen LogP contribution in [0.1, 0.15) is 95.4 Å². The highest BCUT2D eigenvalue weighted by atomic mass is 16.1. The molecule has 0 bridgehead atoms. The quantitative estimate of drug-likeness (QED) is 0.170. The molecule has 0 aliphatic heterocycles. The van der Waals surface area contributed by atoms with Gasteiger partial charge in [-0.3, -0.25) is 4.79 Å². The minimum absolute atomic E-state index is 0.135. The van der Waals surface area contributed by atoms with Gasteiger partial charge < -0.3 is 0 Å². The second-order valence-corrected chi connectivity index (χ2v) is 13.2. The van der Waals surface area contributed by atoms with E-state index in [4.69, 9.17) is 0 Å². The van der Waals surface area contributed by atoms with Gasteiger partial charge in [0.15, 0.2) is 5.78 Å². The highest BCUT2D eigenvalue weighted by molar-refractivity contribution is 5.94. The Morgan fingerprint density at radius 2 is 1.02 bits per heavy atom.